The van der Waals surface area contributed by atoms with Crippen molar-refractivity contribution in [1.82, 2.24) is 9.97 Å². The predicted molar refractivity (Wildman–Crippen MR) is 63.5 cm³/mol. The Labute approximate surface area is 99.5 Å². The van der Waals surface area contributed by atoms with Crippen LogP contribution >= 0.6 is 11.6 Å². The van der Waals surface area contributed by atoms with Gasteiger partial charge in [-0.05, 0) is 19.4 Å². The summed E-state index contributed by atoms with van der Waals surface area (Å²) in [6.07, 6.45) is 5.14. The van der Waals surface area contributed by atoms with Crippen LogP contribution in [0.1, 0.15) is 24.7 Å². The molecule has 0 bridgehead atoms. The number of halogens is 1. The fourth-order valence-corrected chi connectivity index (χ4v) is 1.74. The van der Waals surface area contributed by atoms with Crippen LogP contribution in [0.5, 0.6) is 0 Å². The fourth-order valence-electron chi connectivity index (χ4n) is 1.55. The number of nitrogens with zero attached hydrogens (tertiary/aromatic N) is 2. The second kappa shape index (κ2) is 4.66. The molecule has 16 heavy (non-hydrogen) atoms. The van der Waals surface area contributed by atoms with Crippen LogP contribution in [-0.2, 0) is 6.42 Å². The van der Waals surface area contributed by atoms with Crippen molar-refractivity contribution in [3.05, 3.63) is 35.1 Å². The van der Waals surface area contributed by atoms with Crippen LogP contribution in [0.4, 0.5) is 0 Å². The van der Waals surface area contributed by atoms with Gasteiger partial charge >= 0.3 is 0 Å². The molecule has 0 aromatic carbocycles. The van der Waals surface area contributed by atoms with Gasteiger partial charge in [0.25, 0.3) is 0 Å². The van der Waals surface area contributed by atoms with E-state index < -0.39 is 0 Å². The molecule has 0 atom stereocenters. The zero-order chi connectivity index (χ0) is 11.5. The lowest BCUT2D eigenvalue weighted by molar-refractivity contribution is 0.568. The molecule has 0 saturated carbocycles. The van der Waals surface area contributed by atoms with Crippen molar-refractivity contribution in [2.75, 3.05) is 0 Å². The summed E-state index contributed by atoms with van der Waals surface area (Å²) in [6, 6.07) is 1.88. The Kier molecular flexibility index (Phi) is 3.25. The first-order chi connectivity index (χ1) is 7.72. The van der Waals surface area contributed by atoms with Gasteiger partial charge in [0.2, 0.25) is 0 Å². The van der Waals surface area contributed by atoms with E-state index in [2.05, 4.69) is 16.9 Å². The summed E-state index contributed by atoms with van der Waals surface area (Å²) < 4.78 is 5.06. The van der Waals surface area contributed by atoms with Gasteiger partial charge in [0.05, 0.1) is 18.2 Å². The van der Waals surface area contributed by atoms with Crippen molar-refractivity contribution in [2.45, 2.75) is 26.7 Å². The Bertz CT molecular complexity index is 480. The molecule has 0 spiro atoms. The van der Waals surface area contributed by atoms with E-state index in [4.69, 9.17) is 16.0 Å². The summed E-state index contributed by atoms with van der Waals surface area (Å²) in [5.41, 5.74) is 2.69. The Morgan fingerprint density at radius 1 is 1.38 bits per heavy atom. The third-order valence-electron chi connectivity index (χ3n) is 2.40. The minimum absolute atomic E-state index is 0.523. The van der Waals surface area contributed by atoms with Gasteiger partial charge in [-0.3, -0.25) is 0 Å². The second-order valence-electron chi connectivity index (χ2n) is 3.67. The van der Waals surface area contributed by atoms with E-state index in [1.54, 1.807) is 12.5 Å². The molecule has 4 heteroatoms. The van der Waals surface area contributed by atoms with Crippen molar-refractivity contribution >= 4 is 11.6 Å². The highest BCUT2D eigenvalue weighted by atomic mass is 35.5. The SMILES string of the molecule is CCCc1nc(Cl)c(C)c(-c2ccoc2)n1. The highest BCUT2D eigenvalue weighted by Crippen LogP contribution is 2.26. The molecular weight excluding hydrogens is 224 g/mol. The summed E-state index contributed by atoms with van der Waals surface area (Å²) in [4.78, 5) is 8.77. The first-order valence-corrected chi connectivity index (χ1v) is 5.65. The summed E-state index contributed by atoms with van der Waals surface area (Å²) in [5, 5.41) is 0.523. The average molecular weight is 237 g/mol. The zero-order valence-corrected chi connectivity index (χ0v) is 10.1. The molecule has 0 amide bonds. The van der Waals surface area contributed by atoms with E-state index in [9.17, 15) is 0 Å². The lowest BCUT2D eigenvalue weighted by atomic mass is 10.1. The minimum Gasteiger partial charge on any atom is -0.472 e. The third kappa shape index (κ3) is 2.09. The lowest BCUT2D eigenvalue weighted by Gasteiger charge is -2.06. The standard InChI is InChI=1S/C12H13ClN2O/c1-3-4-10-14-11(8(2)12(13)15-10)9-5-6-16-7-9/h5-7H,3-4H2,1-2H3. The number of rotatable bonds is 3. The van der Waals surface area contributed by atoms with Gasteiger partial charge in [0.15, 0.2) is 0 Å². The van der Waals surface area contributed by atoms with Crippen LogP contribution in [0.15, 0.2) is 23.0 Å². The van der Waals surface area contributed by atoms with Crippen LogP contribution in [0.25, 0.3) is 11.3 Å². The molecule has 2 aromatic rings. The summed E-state index contributed by atoms with van der Waals surface area (Å²) in [7, 11) is 0. The molecule has 0 aliphatic carbocycles. The predicted octanol–water partition coefficient (Wildman–Crippen LogP) is 3.65. The van der Waals surface area contributed by atoms with Gasteiger partial charge in [-0.2, -0.15) is 0 Å². The van der Waals surface area contributed by atoms with Gasteiger partial charge < -0.3 is 4.42 Å². The smallest absolute Gasteiger partial charge is 0.136 e. The molecule has 2 heterocycles. The number of furan rings is 1. The van der Waals surface area contributed by atoms with Crippen LogP contribution in [0.2, 0.25) is 5.15 Å². The summed E-state index contributed by atoms with van der Waals surface area (Å²) in [5.74, 6) is 0.786. The molecular formula is C12H13ClN2O. The molecule has 0 saturated heterocycles. The number of hydrogen-bond acceptors (Lipinski definition) is 3. The van der Waals surface area contributed by atoms with Crippen LogP contribution in [-0.4, -0.2) is 9.97 Å². The highest BCUT2D eigenvalue weighted by Gasteiger charge is 2.11. The Morgan fingerprint density at radius 3 is 2.81 bits per heavy atom. The molecule has 0 aliphatic rings. The zero-order valence-electron chi connectivity index (χ0n) is 9.33. The van der Waals surface area contributed by atoms with Gasteiger partial charge in [-0.15, -0.1) is 0 Å². The first kappa shape index (κ1) is 11.1. The highest BCUT2D eigenvalue weighted by molar-refractivity contribution is 6.30. The van der Waals surface area contributed by atoms with Gasteiger partial charge in [-0.25, -0.2) is 9.97 Å². The molecule has 0 unspecified atom stereocenters. The van der Waals surface area contributed by atoms with Crippen LogP contribution in [0, 0.1) is 6.92 Å². The maximum atomic E-state index is 6.09. The van der Waals surface area contributed by atoms with E-state index in [0.29, 0.717) is 5.15 Å². The van der Waals surface area contributed by atoms with Crippen molar-refractivity contribution in [2.24, 2.45) is 0 Å². The molecule has 0 N–H and O–H groups in total. The monoisotopic (exact) mass is 236 g/mol. The average Bonchev–Trinajstić information content (AvgIpc) is 2.76. The van der Waals surface area contributed by atoms with Crippen molar-refractivity contribution in [3.63, 3.8) is 0 Å². The van der Waals surface area contributed by atoms with E-state index in [0.717, 1.165) is 35.5 Å². The molecule has 3 nitrogen and oxygen atoms in total. The van der Waals surface area contributed by atoms with Gasteiger partial charge in [0, 0.05) is 17.5 Å². The Morgan fingerprint density at radius 2 is 2.19 bits per heavy atom. The van der Waals surface area contributed by atoms with Crippen LogP contribution < -0.4 is 0 Å². The summed E-state index contributed by atoms with van der Waals surface area (Å²) >= 11 is 6.09. The molecule has 0 radical (unpaired) electrons. The van der Waals surface area contributed by atoms with E-state index in [1.807, 2.05) is 13.0 Å². The normalized spacial score (nSPS) is 10.7. The maximum absolute atomic E-state index is 6.09. The van der Waals surface area contributed by atoms with Gasteiger partial charge in [0.1, 0.15) is 11.0 Å². The number of aromatic nitrogens is 2. The van der Waals surface area contributed by atoms with Crippen molar-refractivity contribution in [1.29, 1.82) is 0 Å². The van der Waals surface area contributed by atoms with E-state index in [1.165, 1.54) is 0 Å². The summed E-state index contributed by atoms with van der Waals surface area (Å²) in [6.45, 7) is 4.01. The largest absolute Gasteiger partial charge is 0.472 e. The Hall–Kier alpha value is -1.35. The van der Waals surface area contributed by atoms with Crippen LogP contribution in [0.3, 0.4) is 0 Å². The topological polar surface area (TPSA) is 38.9 Å². The fraction of sp³-hybridized carbons (Fsp3) is 0.333. The second-order valence-corrected chi connectivity index (χ2v) is 4.02. The number of aryl methyl sites for hydroxylation is 1. The molecule has 0 aliphatic heterocycles. The molecule has 84 valence electrons. The van der Waals surface area contributed by atoms with Gasteiger partial charge in [-0.1, -0.05) is 18.5 Å². The van der Waals surface area contributed by atoms with Crippen molar-refractivity contribution < 1.29 is 4.42 Å². The molecule has 0 fully saturated rings. The molecule has 2 aromatic heterocycles. The lowest BCUT2D eigenvalue weighted by Crippen LogP contribution is -2.00. The third-order valence-corrected chi connectivity index (χ3v) is 2.77. The Balaban J connectivity index is 2.51. The number of hydrogen-bond donors (Lipinski definition) is 0. The first-order valence-electron chi connectivity index (χ1n) is 5.28. The molecule has 2 rings (SSSR count). The quantitative estimate of drug-likeness (QED) is 0.764. The van der Waals surface area contributed by atoms with Crippen molar-refractivity contribution in [3.8, 4) is 11.3 Å². The van der Waals surface area contributed by atoms with E-state index >= 15 is 0 Å². The van der Waals surface area contributed by atoms with E-state index in [-0.39, 0.29) is 0 Å². The minimum atomic E-state index is 0.523. The maximum Gasteiger partial charge on any atom is 0.136 e.